The number of amides is 2. The molecule has 4 rings (SSSR count). The van der Waals surface area contributed by atoms with Gasteiger partial charge >= 0.3 is 6.09 Å². The molecular formula is C27H25ClN4O6S. The van der Waals surface area contributed by atoms with Gasteiger partial charge in [-0.3, -0.25) is 14.5 Å². The van der Waals surface area contributed by atoms with E-state index in [1.54, 1.807) is 57.2 Å². The van der Waals surface area contributed by atoms with Crippen LogP contribution in [0.1, 0.15) is 26.3 Å². The average molecular weight is 569 g/mol. The van der Waals surface area contributed by atoms with Crippen molar-refractivity contribution in [3.8, 4) is 0 Å². The van der Waals surface area contributed by atoms with Crippen molar-refractivity contribution in [1.82, 2.24) is 9.89 Å². The summed E-state index contributed by atoms with van der Waals surface area (Å²) in [5.74, 6) is -0.592. The number of hydrogen-bond acceptors (Lipinski definition) is 6. The molecule has 0 aliphatic heterocycles. The predicted molar refractivity (Wildman–Crippen MR) is 148 cm³/mol. The Kier molecular flexibility index (Phi) is 7.49. The number of carboxylic acid groups (broad SMARTS) is 1. The minimum absolute atomic E-state index is 0.0410. The Labute approximate surface area is 229 Å². The second-order valence-electron chi connectivity index (χ2n) is 9.69. The standard InChI is InChI=1S/C27H25ClN4O6S/c1-27(2,3)31(26(35)36)19-12-14-20(15-13-19)39(37,38)24-21-6-4-5-7-22(21)25(34)32(30-24)29-23(33)16-17-8-10-18(28)11-9-17/h4-15H,16H2,1-3H3,(H,29,33)(H,35,36). The molecule has 2 amide bonds. The van der Waals surface area contributed by atoms with Gasteiger partial charge < -0.3 is 5.11 Å². The Balaban J connectivity index is 1.75. The average Bonchev–Trinajstić information content (AvgIpc) is 2.86. The van der Waals surface area contributed by atoms with Crippen molar-refractivity contribution >= 4 is 49.9 Å². The smallest absolute Gasteiger partial charge is 0.412 e. The van der Waals surface area contributed by atoms with Crippen LogP contribution >= 0.6 is 11.6 Å². The van der Waals surface area contributed by atoms with Gasteiger partial charge in [-0.15, -0.1) is 9.89 Å². The highest BCUT2D eigenvalue weighted by molar-refractivity contribution is 7.91. The lowest BCUT2D eigenvalue weighted by Crippen LogP contribution is -2.45. The van der Waals surface area contributed by atoms with Crippen molar-refractivity contribution in [1.29, 1.82) is 0 Å². The largest absolute Gasteiger partial charge is 0.465 e. The zero-order valence-corrected chi connectivity index (χ0v) is 22.8. The number of halogens is 1. The lowest BCUT2D eigenvalue weighted by Gasteiger charge is -2.33. The van der Waals surface area contributed by atoms with Crippen LogP contribution in [0.15, 0.2) is 87.5 Å². The normalized spacial score (nSPS) is 11.8. The highest BCUT2D eigenvalue weighted by Crippen LogP contribution is 2.29. The Bertz CT molecular complexity index is 1730. The third-order valence-corrected chi connectivity index (χ3v) is 7.76. The van der Waals surface area contributed by atoms with Crippen molar-refractivity contribution < 1.29 is 23.1 Å². The Hall–Kier alpha value is -4.22. The molecule has 1 heterocycles. The monoisotopic (exact) mass is 568 g/mol. The van der Waals surface area contributed by atoms with Gasteiger partial charge in [-0.1, -0.05) is 41.9 Å². The maximum atomic E-state index is 13.7. The molecule has 3 aromatic carbocycles. The summed E-state index contributed by atoms with van der Waals surface area (Å²) in [6.07, 6.45) is -1.29. The van der Waals surface area contributed by atoms with Crippen LogP contribution in [0.5, 0.6) is 0 Å². The number of sulfone groups is 1. The molecule has 0 bridgehead atoms. The zero-order chi connectivity index (χ0) is 28.5. The zero-order valence-electron chi connectivity index (χ0n) is 21.3. The van der Waals surface area contributed by atoms with Gasteiger partial charge in [0.15, 0.2) is 5.03 Å². The van der Waals surface area contributed by atoms with Crippen LogP contribution < -0.4 is 15.9 Å². The van der Waals surface area contributed by atoms with E-state index in [1.807, 2.05) is 0 Å². The molecule has 202 valence electrons. The van der Waals surface area contributed by atoms with E-state index in [0.29, 0.717) is 15.4 Å². The van der Waals surface area contributed by atoms with E-state index >= 15 is 0 Å². The van der Waals surface area contributed by atoms with Gasteiger partial charge in [-0.25, -0.2) is 18.6 Å². The number of hydrogen-bond donors (Lipinski definition) is 2. The summed E-state index contributed by atoms with van der Waals surface area (Å²) in [4.78, 5) is 39.1. The van der Waals surface area contributed by atoms with Gasteiger partial charge in [-0.05, 0) is 68.8 Å². The first-order valence-corrected chi connectivity index (χ1v) is 13.6. The molecule has 0 aliphatic carbocycles. The van der Waals surface area contributed by atoms with E-state index in [2.05, 4.69) is 10.5 Å². The molecule has 1 aromatic heterocycles. The molecule has 0 unspecified atom stereocenters. The third kappa shape index (κ3) is 5.79. The summed E-state index contributed by atoms with van der Waals surface area (Å²) in [5.41, 5.74) is 1.80. The number of rotatable bonds is 6. The Morgan fingerprint density at radius 3 is 2.13 bits per heavy atom. The van der Waals surface area contributed by atoms with Crippen LogP contribution in [0.2, 0.25) is 5.02 Å². The van der Waals surface area contributed by atoms with Gasteiger partial charge in [-0.2, -0.15) is 0 Å². The maximum absolute atomic E-state index is 13.7. The van der Waals surface area contributed by atoms with Crippen molar-refractivity contribution in [3.63, 3.8) is 0 Å². The predicted octanol–water partition coefficient (Wildman–Crippen LogP) is 4.48. The third-order valence-electron chi connectivity index (χ3n) is 5.80. The fourth-order valence-electron chi connectivity index (χ4n) is 4.05. The van der Waals surface area contributed by atoms with E-state index in [4.69, 9.17) is 11.6 Å². The first-order valence-electron chi connectivity index (χ1n) is 11.7. The van der Waals surface area contributed by atoms with Crippen LogP contribution in [-0.2, 0) is 21.1 Å². The van der Waals surface area contributed by atoms with Crippen molar-refractivity contribution in [2.24, 2.45) is 0 Å². The molecule has 2 N–H and O–H groups in total. The topological polar surface area (TPSA) is 139 Å². The summed E-state index contributed by atoms with van der Waals surface area (Å²) in [6, 6.07) is 17.9. The number of benzene rings is 3. The lowest BCUT2D eigenvalue weighted by molar-refractivity contribution is -0.116. The SMILES string of the molecule is CC(C)(C)N(C(=O)O)c1ccc(S(=O)(=O)c2nn(NC(=O)Cc3ccc(Cl)cc3)c(=O)c3ccccc23)cc1. The van der Waals surface area contributed by atoms with E-state index < -0.39 is 38.0 Å². The molecule has 0 fully saturated rings. The van der Waals surface area contributed by atoms with Crippen molar-refractivity contribution in [2.45, 2.75) is 42.7 Å². The highest BCUT2D eigenvalue weighted by Gasteiger charge is 2.29. The van der Waals surface area contributed by atoms with E-state index in [-0.39, 0.29) is 27.8 Å². The van der Waals surface area contributed by atoms with Gasteiger partial charge in [0.05, 0.1) is 16.7 Å². The van der Waals surface area contributed by atoms with E-state index in [0.717, 1.165) is 4.90 Å². The number of nitrogens with one attached hydrogen (secondary N) is 1. The van der Waals surface area contributed by atoms with E-state index in [9.17, 15) is 27.9 Å². The molecule has 10 nitrogen and oxygen atoms in total. The maximum Gasteiger partial charge on any atom is 0.412 e. The van der Waals surface area contributed by atoms with Crippen LogP contribution in [0.4, 0.5) is 10.5 Å². The second-order valence-corrected chi connectivity index (χ2v) is 12.0. The quantitative estimate of drug-likeness (QED) is 0.349. The van der Waals surface area contributed by atoms with Crippen molar-refractivity contribution in [3.05, 3.63) is 93.7 Å². The number of nitrogens with zero attached hydrogens (tertiary/aromatic N) is 3. The first kappa shape index (κ1) is 27.8. The minimum atomic E-state index is -4.31. The van der Waals surface area contributed by atoms with Gasteiger partial charge in [0.25, 0.3) is 5.56 Å². The van der Waals surface area contributed by atoms with Crippen LogP contribution in [-0.4, -0.2) is 41.0 Å². The first-order chi connectivity index (χ1) is 18.3. The molecule has 0 aliphatic rings. The molecule has 39 heavy (non-hydrogen) atoms. The second kappa shape index (κ2) is 10.5. The molecule has 0 radical (unpaired) electrons. The lowest BCUT2D eigenvalue weighted by atomic mass is 10.1. The fourth-order valence-corrected chi connectivity index (χ4v) is 5.55. The highest BCUT2D eigenvalue weighted by atomic mass is 35.5. The molecule has 12 heteroatoms. The minimum Gasteiger partial charge on any atom is -0.465 e. The molecule has 4 aromatic rings. The number of fused-ring (bicyclic) bond motifs is 1. The number of aromatic nitrogens is 2. The van der Waals surface area contributed by atoms with Gasteiger partial charge in [0.2, 0.25) is 15.7 Å². The fraction of sp³-hybridized carbons (Fsp3) is 0.185. The summed E-state index contributed by atoms with van der Waals surface area (Å²) in [7, 11) is -4.31. The molecule has 0 spiro atoms. The number of anilines is 1. The van der Waals surface area contributed by atoms with Gasteiger partial charge in [0.1, 0.15) is 0 Å². The molecule has 0 saturated heterocycles. The Morgan fingerprint density at radius 1 is 0.974 bits per heavy atom. The van der Waals surface area contributed by atoms with Gasteiger partial charge in [0, 0.05) is 21.6 Å². The number of carbonyl (C=O) groups is 2. The Morgan fingerprint density at radius 2 is 1.56 bits per heavy atom. The van der Waals surface area contributed by atoms with Crippen LogP contribution in [0.3, 0.4) is 0 Å². The summed E-state index contributed by atoms with van der Waals surface area (Å²) < 4.78 is 27.4. The van der Waals surface area contributed by atoms with Crippen molar-refractivity contribution in [2.75, 3.05) is 10.3 Å². The van der Waals surface area contributed by atoms with E-state index in [1.165, 1.54) is 36.4 Å². The molecular weight excluding hydrogens is 544 g/mol. The van der Waals surface area contributed by atoms with Crippen LogP contribution in [0, 0.1) is 0 Å². The molecule has 0 saturated carbocycles. The summed E-state index contributed by atoms with van der Waals surface area (Å²) in [5, 5.41) is 13.9. The molecule has 0 atom stereocenters. The number of carbonyl (C=O) groups excluding carboxylic acids is 1. The summed E-state index contributed by atoms with van der Waals surface area (Å²) >= 11 is 5.88. The summed E-state index contributed by atoms with van der Waals surface area (Å²) in [6.45, 7) is 5.14. The van der Waals surface area contributed by atoms with Crippen LogP contribution in [0.25, 0.3) is 10.8 Å².